The van der Waals surface area contributed by atoms with Crippen molar-refractivity contribution in [2.75, 3.05) is 0 Å². The Labute approximate surface area is 98.8 Å². The van der Waals surface area contributed by atoms with Crippen molar-refractivity contribution in [1.82, 2.24) is 0 Å². The maximum absolute atomic E-state index is 12.4. The number of alkyl halides is 3. The molecule has 0 radical (unpaired) electrons. The van der Waals surface area contributed by atoms with Gasteiger partial charge in [0.1, 0.15) is 0 Å². The first-order valence-electron chi connectivity index (χ1n) is 5.73. The Bertz CT molecular complexity index is 390. The van der Waals surface area contributed by atoms with Gasteiger partial charge < -0.3 is 5.73 Å². The van der Waals surface area contributed by atoms with Crippen LogP contribution < -0.4 is 5.73 Å². The van der Waals surface area contributed by atoms with E-state index in [1.165, 1.54) is 12.1 Å². The predicted octanol–water partition coefficient (Wildman–Crippen LogP) is 3.38. The standard InChI is InChI=1S/C13H16F3N/c1-12(6-7-12)11(17)8-9-2-4-10(5-3-9)13(14,15)16/h2-5,11H,6-8,17H2,1H3. The highest BCUT2D eigenvalue weighted by Gasteiger charge is 2.42. The first kappa shape index (κ1) is 12.4. The highest BCUT2D eigenvalue weighted by molar-refractivity contribution is 5.25. The van der Waals surface area contributed by atoms with Crippen LogP contribution in [0.5, 0.6) is 0 Å². The van der Waals surface area contributed by atoms with Crippen LogP contribution >= 0.6 is 0 Å². The zero-order valence-corrected chi connectivity index (χ0v) is 9.72. The molecule has 0 heterocycles. The van der Waals surface area contributed by atoms with Crippen LogP contribution in [-0.4, -0.2) is 6.04 Å². The number of halogens is 3. The lowest BCUT2D eigenvalue weighted by molar-refractivity contribution is -0.137. The van der Waals surface area contributed by atoms with Gasteiger partial charge in [0.25, 0.3) is 0 Å². The molecule has 94 valence electrons. The molecule has 2 rings (SSSR count). The van der Waals surface area contributed by atoms with Crippen LogP contribution in [0.2, 0.25) is 0 Å². The highest BCUT2D eigenvalue weighted by atomic mass is 19.4. The molecule has 1 fully saturated rings. The average molecular weight is 243 g/mol. The van der Waals surface area contributed by atoms with Crippen molar-refractivity contribution in [3.8, 4) is 0 Å². The topological polar surface area (TPSA) is 26.0 Å². The summed E-state index contributed by atoms with van der Waals surface area (Å²) in [6, 6.07) is 5.33. The third-order valence-corrected chi connectivity index (χ3v) is 3.67. The molecule has 1 nitrogen and oxygen atoms in total. The maximum atomic E-state index is 12.4. The monoisotopic (exact) mass is 243 g/mol. The van der Waals surface area contributed by atoms with E-state index in [0.29, 0.717) is 6.42 Å². The molecule has 17 heavy (non-hydrogen) atoms. The Hall–Kier alpha value is -1.03. The Morgan fingerprint density at radius 3 is 2.18 bits per heavy atom. The molecule has 1 aromatic carbocycles. The van der Waals surface area contributed by atoms with Crippen LogP contribution in [0.1, 0.15) is 30.9 Å². The summed E-state index contributed by atoms with van der Waals surface area (Å²) in [7, 11) is 0. The number of benzene rings is 1. The summed E-state index contributed by atoms with van der Waals surface area (Å²) in [5, 5.41) is 0. The molecule has 1 saturated carbocycles. The van der Waals surface area contributed by atoms with Gasteiger partial charge in [-0.25, -0.2) is 0 Å². The van der Waals surface area contributed by atoms with Gasteiger partial charge in [-0.1, -0.05) is 19.1 Å². The van der Waals surface area contributed by atoms with Crippen LogP contribution in [0.4, 0.5) is 13.2 Å². The second-order valence-corrected chi connectivity index (χ2v) is 5.16. The van der Waals surface area contributed by atoms with E-state index in [1.54, 1.807) is 0 Å². The van der Waals surface area contributed by atoms with Gasteiger partial charge in [-0.15, -0.1) is 0 Å². The van der Waals surface area contributed by atoms with Crippen LogP contribution in [0.15, 0.2) is 24.3 Å². The van der Waals surface area contributed by atoms with Crippen molar-refractivity contribution in [2.45, 2.75) is 38.4 Å². The van der Waals surface area contributed by atoms with Crippen molar-refractivity contribution in [3.63, 3.8) is 0 Å². The number of hydrogen-bond donors (Lipinski definition) is 1. The van der Waals surface area contributed by atoms with E-state index in [9.17, 15) is 13.2 Å². The fraction of sp³-hybridized carbons (Fsp3) is 0.538. The molecule has 1 atom stereocenters. The maximum Gasteiger partial charge on any atom is 0.416 e. The molecule has 0 spiro atoms. The molecule has 1 unspecified atom stereocenters. The van der Waals surface area contributed by atoms with Gasteiger partial charge in [0, 0.05) is 6.04 Å². The normalized spacial score (nSPS) is 20.1. The van der Waals surface area contributed by atoms with Crippen molar-refractivity contribution >= 4 is 0 Å². The van der Waals surface area contributed by atoms with E-state index in [0.717, 1.165) is 30.5 Å². The van der Waals surface area contributed by atoms with E-state index in [-0.39, 0.29) is 11.5 Å². The van der Waals surface area contributed by atoms with Crippen molar-refractivity contribution in [3.05, 3.63) is 35.4 Å². The zero-order valence-electron chi connectivity index (χ0n) is 9.72. The van der Waals surface area contributed by atoms with E-state index in [4.69, 9.17) is 5.73 Å². The predicted molar refractivity (Wildman–Crippen MR) is 60.5 cm³/mol. The summed E-state index contributed by atoms with van der Waals surface area (Å²) in [5.41, 5.74) is 6.51. The summed E-state index contributed by atoms with van der Waals surface area (Å²) in [5.74, 6) is 0. The van der Waals surface area contributed by atoms with Crippen LogP contribution in [0.3, 0.4) is 0 Å². The van der Waals surface area contributed by atoms with Gasteiger partial charge in [-0.2, -0.15) is 13.2 Å². The summed E-state index contributed by atoms with van der Waals surface area (Å²) in [6.45, 7) is 2.13. The highest BCUT2D eigenvalue weighted by Crippen LogP contribution is 2.48. The number of nitrogens with two attached hydrogens (primary N) is 1. The molecule has 4 heteroatoms. The van der Waals surface area contributed by atoms with Crippen LogP contribution in [0, 0.1) is 5.41 Å². The SMILES string of the molecule is CC1(C(N)Cc2ccc(C(F)(F)F)cc2)CC1. The van der Waals surface area contributed by atoms with Gasteiger partial charge >= 0.3 is 6.18 Å². The van der Waals surface area contributed by atoms with Gasteiger partial charge in [0.15, 0.2) is 0 Å². The Kier molecular flexibility index (Phi) is 2.94. The minimum absolute atomic E-state index is 0.0410. The lowest BCUT2D eigenvalue weighted by atomic mass is 9.93. The minimum atomic E-state index is -4.26. The van der Waals surface area contributed by atoms with Crippen molar-refractivity contribution < 1.29 is 13.2 Å². The first-order chi connectivity index (χ1) is 7.81. The lowest BCUT2D eigenvalue weighted by Gasteiger charge is -2.18. The van der Waals surface area contributed by atoms with Crippen LogP contribution in [-0.2, 0) is 12.6 Å². The van der Waals surface area contributed by atoms with E-state index >= 15 is 0 Å². The number of hydrogen-bond acceptors (Lipinski definition) is 1. The largest absolute Gasteiger partial charge is 0.416 e. The summed E-state index contributed by atoms with van der Waals surface area (Å²) >= 11 is 0. The van der Waals surface area contributed by atoms with E-state index < -0.39 is 11.7 Å². The molecule has 2 N–H and O–H groups in total. The first-order valence-corrected chi connectivity index (χ1v) is 5.73. The van der Waals surface area contributed by atoms with E-state index in [1.807, 2.05) is 0 Å². The quantitative estimate of drug-likeness (QED) is 0.865. The fourth-order valence-corrected chi connectivity index (χ4v) is 1.90. The molecule has 0 bridgehead atoms. The van der Waals surface area contributed by atoms with Gasteiger partial charge in [0.2, 0.25) is 0 Å². The molecule has 0 aliphatic heterocycles. The molecule has 1 aliphatic rings. The molecule has 0 amide bonds. The second kappa shape index (κ2) is 4.02. The molecule has 0 saturated heterocycles. The Balaban J connectivity index is 2.03. The smallest absolute Gasteiger partial charge is 0.327 e. The average Bonchev–Trinajstić information content (AvgIpc) is 2.97. The van der Waals surface area contributed by atoms with Gasteiger partial charge in [-0.05, 0) is 42.4 Å². The summed E-state index contributed by atoms with van der Waals surface area (Å²) in [6.07, 6.45) is -1.37. The summed E-state index contributed by atoms with van der Waals surface area (Å²) in [4.78, 5) is 0. The zero-order chi connectivity index (χ0) is 12.7. The van der Waals surface area contributed by atoms with Gasteiger partial charge in [0.05, 0.1) is 5.56 Å². The third kappa shape index (κ3) is 2.80. The van der Waals surface area contributed by atoms with E-state index in [2.05, 4.69) is 6.92 Å². The van der Waals surface area contributed by atoms with Gasteiger partial charge in [-0.3, -0.25) is 0 Å². The van der Waals surface area contributed by atoms with Crippen molar-refractivity contribution in [1.29, 1.82) is 0 Å². The molecular weight excluding hydrogens is 227 g/mol. The molecular formula is C13H16F3N. The van der Waals surface area contributed by atoms with Crippen molar-refractivity contribution in [2.24, 2.45) is 11.1 Å². The van der Waals surface area contributed by atoms with Crippen LogP contribution in [0.25, 0.3) is 0 Å². The lowest BCUT2D eigenvalue weighted by Crippen LogP contribution is -2.31. The summed E-state index contributed by atoms with van der Waals surface area (Å²) < 4.78 is 37.1. The molecule has 1 aliphatic carbocycles. The minimum Gasteiger partial charge on any atom is -0.327 e. The third-order valence-electron chi connectivity index (χ3n) is 3.67. The molecule has 1 aromatic rings. The Morgan fingerprint density at radius 1 is 1.24 bits per heavy atom. The molecule has 0 aromatic heterocycles. The Morgan fingerprint density at radius 2 is 1.76 bits per heavy atom. The second-order valence-electron chi connectivity index (χ2n) is 5.16. The number of rotatable bonds is 3. The fourth-order valence-electron chi connectivity index (χ4n) is 1.90.